The highest BCUT2D eigenvalue weighted by molar-refractivity contribution is 7.89. The summed E-state index contributed by atoms with van der Waals surface area (Å²) in [6, 6.07) is 15.0. The van der Waals surface area contributed by atoms with Crippen molar-refractivity contribution in [2.75, 3.05) is 32.8 Å². The van der Waals surface area contributed by atoms with E-state index in [0.717, 1.165) is 36.1 Å². The van der Waals surface area contributed by atoms with Crippen molar-refractivity contribution < 1.29 is 18.6 Å². The standard InChI is InChI=1S/C26H32N2O4S/c1-20-7-13-23(14-8-20)33(31,32)27-15-3-4-16-28-24(18-27)26(25(28)19-30)22-11-9-21(10-12-22)6-2-5-17-29/h7-14,24-26,29-30H,3-5,15-19H2,1H3/t24-,25-,26-/m0/s1. The topological polar surface area (TPSA) is 81.1 Å². The quantitative estimate of drug-likeness (QED) is 0.659. The lowest BCUT2D eigenvalue weighted by Gasteiger charge is -2.57. The van der Waals surface area contributed by atoms with E-state index in [1.165, 1.54) is 0 Å². The van der Waals surface area contributed by atoms with Crippen LogP contribution in [0, 0.1) is 18.8 Å². The van der Waals surface area contributed by atoms with Crippen LogP contribution in [0.5, 0.6) is 0 Å². The maximum Gasteiger partial charge on any atom is 0.243 e. The first-order chi connectivity index (χ1) is 16.0. The summed E-state index contributed by atoms with van der Waals surface area (Å²) in [6.07, 6.45) is 2.15. The fourth-order valence-corrected chi connectivity index (χ4v) is 6.49. The molecule has 176 valence electrons. The zero-order chi connectivity index (χ0) is 23.4. The van der Waals surface area contributed by atoms with Gasteiger partial charge in [0.1, 0.15) is 0 Å². The van der Waals surface area contributed by atoms with Gasteiger partial charge in [-0.1, -0.05) is 41.7 Å². The summed E-state index contributed by atoms with van der Waals surface area (Å²) in [5, 5.41) is 19.0. The molecule has 0 aliphatic carbocycles. The van der Waals surface area contributed by atoms with Crippen LogP contribution in [0.15, 0.2) is 53.4 Å². The molecule has 2 N–H and O–H groups in total. The van der Waals surface area contributed by atoms with Crippen molar-refractivity contribution in [3.05, 3.63) is 65.2 Å². The Hall–Kier alpha value is -2.21. The highest BCUT2D eigenvalue weighted by atomic mass is 32.2. The van der Waals surface area contributed by atoms with Crippen LogP contribution >= 0.6 is 0 Å². The Morgan fingerprint density at radius 2 is 1.70 bits per heavy atom. The molecular formula is C26H32N2O4S. The summed E-state index contributed by atoms with van der Waals surface area (Å²) >= 11 is 0. The molecule has 2 aliphatic heterocycles. The first-order valence-corrected chi connectivity index (χ1v) is 13.0. The average molecular weight is 469 g/mol. The van der Waals surface area contributed by atoms with Gasteiger partial charge in [0, 0.05) is 43.1 Å². The lowest BCUT2D eigenvalue weighted by Crippen LogP contribution is -2.67. The third kappa shape index (κ3) is 5.01. The van der Waals surface area contributed by atoms with E-state index in [-0.39, 0.29) is 31.2 Å². The number of nitrogens with zero attached hydrogens (tertiary/aromatic N) is 2. The fraction of sp³-hybridized carbons (Fsp3) is 0.462. The number of aryl methyl sites for hydroxylation is 1. The van der Waals surface area contributed by atoms with Gasteiger partial charge in [-0.3, -0.25) is 4.90 Å². The molecule has 2 aromatic rings. The maximum atomic E-state index is 13.4. The van der Waals surface area contributed by atoms with E-state index < -0.39 is 10.0 Å². The number of rotatable bonds is 5. The van der Waals surface area contributed by atoms with Gasteiger partial charge in [-0.05, 0) is 56.1 Å². The van der Waals surface area contributed by atoms with Crippen LogP contribution < -0.4 is 0 Å². The number of hydrogen-bond donors (Lipinski definition) is 2. The van der Waals surface area contributed by atoms with Crippen LogP contribution in [0.2, 0.25) is 0 Å². The molecule has 2 saturated heterocycles. The molecule has 6 nitrogen and oxygen atoms in total. The largest absolute Gasteiger partial charge is 0.395 e. The molecule has 0 amide bonds. The Bertz CT molecular complexity index is 1100. The van der Waals surface area contributed by atoms with Gasteiger partial charge in [0.15, 0.2) is 0 Å². The van der Waals surface area contributed by atoms with E-state index in [1.54, 1.807) is 16.4 Å². The lowest BCUT2D eigenvalue weighted by atomic mass is 9.74. The molecule has 0 bridgehead atoms. The fourth-order valence-electron chi connectivity index (χ4n) is 5.00. The third-order valence-electron chi connectivity index (χ3n) is 6.76. The summed E-state index contributed by atoms with van der Waals surface area (Å²) in [5.74, 6) is 6.03. The van der Waals surface area contributed by atoms with Crippen molar-refractivity contribution in [3.8, 4) is 11.8 Å². The summed E-state index contributed by atoms with van der Waals surface area (Å²) in [6.45, 7) is 3.83. The van der Waals surface area contributed by atoms with Crippen molar-refractivity contribution in [1.82, 2.24) is 9.21 Å². The summed E-state index contributed by atoms with van der Waals surface area (Å²) in [7, 11) is -3.58. The van der Waals surface area contributed by atoms with Crippen LogP contribution in [0.25, 0.3) is 0 Å². The molecule has 7 heteroatoms. The number of benzene rings is 2. The number of sulfonamides is 1. The highest BCUT2D eigenvalue weighted by Gasteiger charge is 2.50. The Labute approximate surface area is 196 Å². The molecule has 3 atom stereocenters. The van der Waals surface area contributed by atoms with Crippen LogP contribution in [0.3, 0.4) is 0 Å². The second kappa shape index (κ2) is 10.4. The molecule has 2 aromatic carbocycles. The summed E-state index contributed by atoms with van der Waals surface area (Å²) in [4.78, 5) is 2.61. The number of hydrogen-bond acceptors (Lipinski definition) is 5. The smallest absolute Gasteiger partial charge is 0.243 e. The molecule has 4 rings (SSSR count). The molecular weight excluding hydrogens is 436 g/mol. The van der Waals surface area contributed by atoms with Crippen molar-refractivity contribution in [1.29, 1.82) is 0 Å². The molecule has 33 heavy (non-hydrogen) atoms. The first kappa shape index (κ1) is 23.9. The van der Waals surface area contributed by atoms with Gasteiger partial charge in [-0.2, -0.15) is 4.31 Å². The molecule has 0 saturated carbocycles. The van der Waals surface area contributed by atoms with Crippen molar-refractivity contribution in [3.63, 3.8) is 0 Å². The minimum atomic E-state index is -3.58. The predicted octanol–water partition coefficient (Wildman–Crippen LogP) is 2.34. The van der Waals surface area contributed by atoms with Crippen LogP contribution in [0.4, 0.5) is 0 Å². The first-order valence-electron chi connectivity index (χ1n) is 11.6. The highest BCUT2D eigenvalue weighted by Crippen LogP contribution is 2.42. The van der Waals surface area contributed by atoms with Gasteiger partial charge in [0.2, 0.25) is 10.0 Å². The van der Waals surface area contributed by atoms with Crippen molar-refractivity contribution in [2.24, 2.45) is 0 Å². The van der Waals surface area contributed by atoms with E-state index in [1.807, 2.05) is 43.3 Å². The average Bonchev–Trinajstić information content (AvgIpc) is 2.79. The van der Waals surface area contributed by atoms with Gasteiger partial charge >= 0.3 is 0 Å². The van der Waals surface area contributed by atoms with Gasteiger partial charge in [0.05, 0.1) is 18.1 Å². The van der Waals surface area contributed by atoms with Gasteiger partial charge in [-0.15, -0.1) is 0 Å². The van der Waals surface area contributed by atoms with Crippen LogP contribution in [-0.2, 0) is 10.0 Å². The molecule has 0 aromatic heterocycles. The zero-order valence-electron chi connectivity index (χ0n) is 19.0. The Kier molecular flexibility index (Phi) is 7.52. The minimum Gasteiger partial charge on any atom is -0.395 e. The molecule has 0 unspecified atom stereocenters. The van der Waals surface area contributed by atoms with E-state index in [4.69, 9.17) is 5.11 Å². The second-order valence-electron chi connectivity index (χ2n) is 8.86. The number of aliphatic hydroxyl groups is 2. The lowest BCUT2D eigenvalue weighted by molar-refractivity contribution is -0.0553. The monoisotopic (exact) mass is 468 g/mol. The Balaban J connectivity index is 1.59. The number of aliphatic hydroxyl groups excluding tert-OH is 2. The molecule has 2 aliphatic rings. The zero-order valence-corrected chi connectivity index (χ0v) is 19.8. The van der Waals surface area contributed by atoms with Crippen molar-refractivity contribution >= 4 is 10.0 Å². The van der Waals surface area contributed by atoms with Crippen LogP contribution in [0.1, 0.15) is 41.9 Å². The molecule has 0 radical (unpaired) electrons. The van der Waals surface area contributed by atoms with Crippen LogP contribution in [-0.4, -0.2) is 72.8 Å². The normalized spacial score (nSPS) is 24.0. The Morgan fingerprint density at radius 1 is 1.00 bits per heavy atom. The summed E-state index contributed by atoms with van der Waals surface area (Å²) in [5.41, 5.74) is 3.00. The predicted molar refractivity (Wildman–Crippen MR) is 128 cm³/mol. The van der Waals surface area contributed by atoms with E-state index >= 15 is 0 Å². The van der Waals surface area contributed by atoms with E-state index in [2.05, 4.69) is 16.7 Å². The van der Waals surface area contributed by atoms with Gasteiger partial charge < -0.3 is 10.2 Å². The van der Waals surface area contributed by atoms with Gasteiger partial charge in [0.25, 0.3) is 0 Å². The summed E-state index contributed by atoms with van der Waals surface area (Å²) < 4.78 is 28.5. The Morgan fingerprint density at radius 3 is 2.36 bits per heavy atom. The SMILES string of the molecule is Cc1ccc(S(=O)(=O)N2CCCCN3[C@@H](CO)[C@@H](c4ccc(C#CCCO)cc4)[C@@H]3C2)cc1. The second-order valence-corrected chi connectivity index (χ2v) is 10.8. The van der Waals surface area contributed by atoms with Gasteiger partial charge in [-0.25, -0.2) is 8.42 Å². The molecule has 0 spiro atoms. The number of fused-ring (bicyclic) bond motifs is 1. The van der Waals surface area contributed by atoms with E-state index in [0.29, 0.717) is 24.4 Å². The van der Waals surface area contributed by atoms with E-state index in [9.17, 15) is 13.5 Å². The maximum absolute atomic E-state index is 13.4. The van der Waals surface area contributed by atoms with Crippen molar-refractivity contribution in [2.45, 2.75) is 49.1 Å². The third-order valence-corrected chi connectivity index (χ3v) is 8.64. The minimum absolute atomic E-state index is 0.0108. The molecule has 2 heterocycles. The molecule has 2 fully saturated rings.